The lowest BCUT2D eigenvalue weighted by Crippen LogP contribution is -2.35. The number of nitrogens with one attached hydrogen (secondary N) is 3. The van der Waals surface area contributed by atoms with Crippen molar-refractivity contribution >= 4 is 35.1 Å². The first-order valence-electron chi connectivity index (χ1n) is 10.1. The first-order valence-corrected chi connectivity index (χ1v) is 10.1. The maximum Gasteiger partial charge on any atom is 0.340 e. The summed E-state index contributed by atoms with van der Waals surface area (Å²) in [5, 5.41) is 7.52. The Morgan fingerprint density at radius 2 is 1.44 bits per heavy atom. The minimum Gasteiger partial charge on any atom is -0.495 e. The second-order valence-electron chi connectivity index (χ2n) is 7.04. The molecule has 0 unspecified atom stereocenters. The summed E-state index contributed by atoms with van der Waals surface area (Å²) < 4.78 is 20.6. The summed E-state index contributed by atoms with van der Waals surface area (Å²) in [6, 6.07) is 8.01. The molecule has 0 aliphatic rings. The highest BCUT2D eigenvalue weighted by molar-refractivity contribution is 6.02. The van der Waals surface area contributed by atoms with Crippen LogP contribution in [0.5, 0.6) is 17.2 Å². The van der Waals surface area contributed by atoms with Crippen molar-refractivity contribution in [3.63, 3.8) is 0 Å². The van der Waals surface area contributed by atoms with Gasteiger partial charge in [0.05, 0.1) is 44.8 Å². The Hall–Kier alpha value is -4.28. The van der Waals surface area contributed by atoms with Gasteiger partial charge in [0.2, 0.25) is 11.8 Å². The SMILES string of the molecule is COc1ccc(C)cc1NC(=O)CNC(=O)COC(=O)c1cc(OC)c(OC)cc1NC(C)=O. The zero-order chi connectivity index (χ0) is 25.3. The number of anilines is 2. The fraction of sp³-hybridized carbons (Fsp3) is 0.304. The molecule has 34 heavy (non-hydrogen) atoms. The number of amides is 3. The lowest BCUT2D eigenvalue weighted by molar-refractivity contribution is -0.126. The monoisotopic (exact) mass is 473 g/mol. The van der Waals surface area contributed by atoms with Crippen molar-refractivity contribution in [3.8, 4) is 17.2 Å². The van der Waals surface area contributed by atoms with Crippen LogP contribution >= 0.6 is 0 Å². The van der Waals surface area contributed by atoms with Gasteiger partial charge >= 0.3 is 5.97 Å². The average molecular weight is 473 g/mol. The molecule has 0 aliphatic heterocycles. The van der Waals surface area contributed by atoms with E-state index in [1.165, 1.54) is 40.4 Å². The molecule has 0 heterocycles. The average Bonchev–Trinajstić information content (AvgIpc) is 2.80. The molecule has 3 N–H and O–H groups in total. The van der Waals surface area contributed by atoms with Crippen LogP contribution in [0.4, 0.5) is 11.4 Å². The van der Waals surface area contributed by atoms with Crippen molar-refractivity contribution in [3.05, 3.63) is 41.5 Å². The number of hydrogen-bond donors (Lipinski definition) is 3. The lowest BCUT2D eigenvalue weighted by atomic mass is 10.1. The molecular weight excluding hydrogens is 446 g/mol. The molecule has 3 amide bonds. The van der Waals surface area contributed by atoms with Gasteiger partial charge in [-0.1, -0.05) is 6.07 Å². The quantitative estimate of drug-likeness (QED) is 0.444. The molecule has 0 aliphatic carbocycles. The van der Waals surface area contributed by atoms with Gasteiger partial charge in [-0.25, -0.2) is 4.79 Å². The third-order valence-corrected chi connectivity index (χ3v) is 4.46. The normalized spacial score (nSPS) is 10.0. The largest absolute Gasteiger partial charge is 0.495 e. The van der Waals surface area contributed by atoms with Crippen LogP contribution in [-0.4, -0.2) is 58.2 Å². The summed E-state index contributed by atoms with van der Waals surface area (Å²) in [4.78, 5) is 48.3. The van der Waals surface area contributed by atoms with Crippen molar-refractivity contribution in [2.45, 2.75) is 13.8 Å². The molecule has 0 saturated carbocycles. The van der Waals surface area contributed by atoms with Crippen molar-refractivity contribution in [1.82, 2.24) is 5.32 Å². The number of rotatable bonds is 10. The zero-order valence-electron chi connectivity index (χ0n) is 19.6. The minimum absolute atomic E-state index is 0.0371. The maximum absolute atomic E-state index is 12.6. The van der Waals surface area contributed by atoms with Crippen molar-refractivity contribution in [2.24, 2.45) is 0 Å². The Balaban J connectivity index is 1.97. The van der Waals surface area contributed by atoms with E-state index in [2.05, 4.69) is 16.0 Å². The highest BCUT2D eigenvalue weighted by atomic mass is 16.5. The van der Waals surface area contributed by atoms with Crippen molar-refractivity contribution in [1.29, 1.82) is 0 Å². The van der Waals surface area contributed by atoms with E-state index in [0.29, 0.717) is 11.4 Å². The minimum atomic E-state index is -0.881. The number of carbonyl (C=O) groups excluding carboxylic acids is 4. The van der Waals surface area contributed by atoms with E-state index in [-0.39, 0.29) is 29.3 Å². The Kier molecular flexibility index (Phi) is 9.24. The number of benzene rings is 2. The summed E-state index contributed by atoms with van der Waals surface area (Å²) in [7, 11) is 4.27. The van der Waals surface area contributed by atoms with Crippen LogP contribution in [0, 0.1) is 6.92 Å². The predicted octanol–water partition coefficient (Wildman–Crippen LogP) is 1.89. The molecule has 2 aromatic carbocycles. The highest BCUT2D eigenvalue weighted by Crippen LogP contribution is 2.33. The topological polar surface area (TPSA) is 141 Å². The van der Waals surface area contributed by atoms with E-state index in [1.807, 2.05) is 13.0 Å². The number of hydrogen-bond acceptors (Lipinski definition) is 8. The zero-order valence-corrected chi connectivity index (χ0v) is 19.6. The van der Waals surface area contributed by atoms with E-state index in [9.17, 15) is 19.2 Å². The van der Waals surface area contributed by atoms with Crippen molar-refractivity contribution in [2.75, 3.05) is 45.1 Å². The van der Waals surface area contributed by atoms with Gasteiger partial charge in [-0.05, 0) is 24.6 Å². The third-order valence-electron chi connectivity index (χ3n) is 4.46. The summed E-state index contributed by atoms with van der Waals surface area (Å²) in [6.45, 7) is 2.15. The molecule has 0 atom stereocenters. The first kappa shape index (κ1) is 26.0. The van der Waals surface area contributed by atoms with E-state index < -0.39 is 30.3 Å². The second-order valence-corrected chi connectivity index (χ2v) is 7.04. The number of methoxy groups -OCH3 is 3. The smallest absolute Gasteiger partial charge is 0.340 e. The Bertz CT molecular complexity index is 1080. The number of carbonyl (C=O) groups is 4. The van der Waals surface area contributed by atoms with Crippen LogP contribution in [0.15, 0.2) is 30.3 Å². The summed E-state index contributed by atoms with van der Waals surface area (Å²) in [5.41, 5.74) is 1.47. The van der Waals surface area contributed by atoms with Crippen LogP contribution in [0.1, 0.15) is 22.8 Å². The first-order chi connectivity index (χ1) is 16.2. The van der Waals surface area contributed by atoms with E-state index in [0.717, 1.165) is 5.56 Å². The Morgan fingerprint density at radius 3 is 2.06 bits per heavy atom. The van der Waals surface area contributed by atoms with Crippen molar-refractivity contribution < 1.29 is 38.1 Å². The number of aryl methyl sites for hydroxylation is 1. The van der Waals surface area contributed by atoms with E-state index in [4.69, 9.17) is 18.9 Å². The third kappa shape index (κ3) is 7.12. The van der Waals surface area contributed by atoms with Gasteiger partial charge in [0.25, 0.3) is 5.91 Å². The fourth-order valence-electron chi connectivity index (χ4n) is 2.89. The Morgan fingerprint density at radius 1 is 0.794 bits per heavy atom. The molecule has 182 valence electrons. The van der Waals surface area contributed by atoms with Crippen LogP contribution < -0.4 is 30.2 Å². The summed E-state index contributed by atoms with van der Waals surface area (Å²) in [5.74, 6) is -1.49. The molecule has 0 fully saturated rings. The van der Waals surface area contributed by atoms with Gasteiger partial charge in [-0.2, -0.15) is 0 Å². The lowest BCUT2D eigenvalue weighted by Gasteiger charge is -2.15. The van der Waals surface area contributed by atoms with Gasteiger partial charge in [0, 0.05) is 19.1 Å². The molecule has 0 radical (unpaired) electrons. The van der Waals surface area contributed by atoms with Crippen LogP contribution in [0.3, 0.4) is 0 Å². The fourth-order valence-corrected chi connectivity index (χ4v) is 2.89. The van der Waals surface area contributed by atoms with Gasteiger partial charge in [-0.15, -0.1) is 0 Å². The number of esters is 1. The molecule has 0 bridgehead atoms. The van der Waals surface area contributed by atoms with Gasteiger partial charge in [0.1, 0.15) is 5.75 Å². The standard InChI is InChI=1S/C23H27N3O8/c1-13-6-7-18(31-3)17(8-13)26-21(28)11-24-22(29)12-34-23(30)15-9-19(32-4)20(33-5)10-16(15)25-14(2)27/h6-10H,11-12H2,1-5H3,(H,24,29)(H,25,27)(H,26,28). The summed E-state index contributed by atoms with van der Waals surface area (Å²) >= 11 is 0. The van der Waals surface area contributed by atoms with E-state index >= 15 is 0 Å². The van der Waals surface area contributed by atoms with Gasteiger partial charge < -0.3 is 34.9 Å². The maximum atomic E-state index is 12.6. The molecule has 2 rings (SSSR count). The Labute approximate surface area is 196 Å². The van der Waals surface area contributed by atoms with Gasteiger partial charge in [-0.3, -0.25) is 14.4 Å². The summed E-state index contributed by atoms with van der Waals surface area (Å²) in [6.07, 6.45) is 0. The molecular formula is C23H27N3O8. The van der Waals surface area contributed by atoms with Crippen LogP contribution in [0.2, 0.25) is 0 Å². The second kappa shape index (κ2) is 12.1. The number of ether oxygens (including phenoxy) is 4. The molecule has 0 aromatic heterocycles. The molecule has 11 heteroatoms. The molecule has 2 aromatic rings. The molecule has 11 nitrogen and oxygen atoms in total. The molecule has 0 saturated heterocycles. The van der Waals surface area contributed by atoms with Gasteiger partial charge in [0.15, 0.2) is 18.1 Å². The predicted molar refractivity (Wildman–Crippen MR) is 124 cm³/mol. The highest BCUT2D eigenvalue weighted by Gasteiger charge is 2.20. The van der Waals surface area contributed by atoms with E-state index in [1.54, 1.807) is 12.1 Å². The molecule has 0 spiro atoms. The van der Waals surface area contributed by atoms with Crippen LogP contribution in [0.25, 0.3) is 0 Å². The van der Waals surface area contributed by atoms with Crippen LogP contribution in [-0.2, 0) is 19.1 Å².